The van der Waals surface area contributed by atoms with Crippen LogP contribution in [0.15, 0.2) is 133 Å². The first-order valence-corrected chi connectivity index (χ1v) is 15.5. The van der Waals surface area contributed by atoms with Gasteiger partial charge in [0, 0.05) is 13.1 Å². The van der Waals surface area contributed by atoms with Crippen LogP contribution in [0, 0.1) is 0 Å². The molecule has 0 radical (unpaired) electrons. The number of carbonyl (C=O) groups excluding carboxylic acids is 3. The third-order valence-corrected chi connectivity index (χ3v) is 7.71. The third kappa shape index (κ3) is 8.58. The maximum atomic E-state index is 13.0. The molecular formula is C39H34N2O7. The lowest BCUT2D eigenvalue weighted by Gasteiger charge is -2.33. The number of nitrogens with one attached hydrogen (secondary N) is 1. The molecule has 0 saturated carbocycles. The molecule has 5 aromatic rings. The average Bonchev–Trinajstić information content (AvgIpc) is 3.12. The monoisotopic (exact) mass is 642 g/mol. The fourth-order valence-electron chi connectivity index (χ4n) is 5.25. The Labute approximate surface area is 278 Å². The van der Waals surface area contributed by atoms with Crippen LogP contribution in [-0.2, 0) is 40.7 Å². The number of ether oxygens (including phenoxy) is 4. The van der Waals surface area contributed by atoms with Crippen molar-refractivity contribution < 1.29 is 33.3 Å². The molecule has 9 heteroatoms. The highest BCUT2D eigenvalue weighted by atomic mass is 16.7. The Bertz CT molecular complexity index is 1850. The Morgan fingerprint density at radius 3 is 1.90 bits per heavy atom. The molecule has 48 heavy (non-hydrogen) atoms. The number of amides is 2. The van der Waals surface area contributed by atoms with Gasteiger partial charge in [0.2, 0.25) is 0 Å². The van der Waals surface area contributed by atoms with Crippen LogP contribution in [0.2, 0.25) is 0 Å². The largest absolute Gasteiger partial charge is 0.514 e. The zero-order chi connectivity index (χ0) is 33.1. The molecule has 1 saturated heterocycles. The molecule has 5 aromatic carbocycles. The van der Waals surface area contributed by atoms with Gasteiger partial charge in [0.1, 0.15) is 25.6 Å². The average molecular weight is 643 g/mol. The van der Waals surface area contributed by atoms with Gasteiger partial charge in [-0.05, 0) is 52.1 Å². The maximum absolute atomic E-state index is 13.0. The van der Waals surface area contributed by atoms with Gasteiger partial charge in [-0.25, -0.2) is 4.79 Å². The van der Waals surface area contributed by atoms with E-state index in [1.165, 1.54) is 4.90 Å². The number of benzene rings is 5. The van der Waals surface area contributed by atoms with Crippen molar-refractivity contribution in [3.8, 4) is 17.2 Å². The molecule has 0 spiro atoms. The van der Waals surface area contributed by atoms with Gasteiger partial charge >= 0.3 is 18.0 Å². The fourth-order valence-corrected chi connectivity index (χ4v) is 5.25. The number of carbonyl (C=O) groups is 3. The molecule has 1 N–H and O–H groups in total. The highest BCUT2D eigenvalue weighted by Crippen LogP contribution is 2.31. The van der Waals surface area contributed by atoms with Crippen molar-refractivity contribution in [1.29, 1.82) is 0 Å². The zero-order valence-electron chi connectivity index (χ0n) is 26.1. The van der Waals surface area contributed by atoms with Crippen LogP contribution >= 0.6 is 0 Å². The smallest absolute Gasteiger partial charge is 0.485 e. The molecule has 2 amide bonds. The van der Waals surface area contributed by atoms with Crippen molar-refractivity contribution in [2.45, 2.75) is 32.4 Å². The van der Waals surface area contributed by atoms with Crippen LogP contribution in [0.3, 0.4) is 0 Å². The molecular weight excluding hydrogens is 608 g/mol. The second kappa shape index (κ2) is 15.5. The number of piperazine rings is 1. The second-order valence-electron chi connectivity index (χ2n) is 11.2. The van der Waals surface area contributed by atoms with Crippen molar-refractivity contribution in [2.75, 3.05) is 6.54 Å². The minimum absolute atomic E-state index is 0.0776. The van der Waals surface area contributed by atoms with Crippen LogP contribution in [-0.4, -0.2) is 29.4 Å². The zero-order valence-corrected chi connectivity index (χ0v) is 26.1. The van der Waals surface area contributed by atoms with E-state index in [-0.39, 0.29) is 25.4 Å². The molecule has 1 heterocycles. The molecule has 0 aromatic heterocycles. The normalized spacial score (nSPS) is 14.2. The lowest BCUT2D eigenvalue weighted by atomic mass is 10.0. The predicted octanol–water partition coefficient (Wildman–Crippen LogP) is 6.76. The Morgan fingerprint density at radius 2 is 1.25 bits per heavy atom. The van der Waals surface area contributed by atoms with Crippen molar-refractivity contribution >= 4 is 18.0 Å². The summed E-state index contributed by atoms with van der Waals surface area (Å²) in [5.74, 6) is -0.00273. The van der Waals surface area contributed by atoms with Crippen molar-refractivity contribution in [1.82, 2.24) is 10.2 Å². The first-order valence-electron chi connectivity index (χ1n) is 15.5. The van der Waals surface area contributed by atoms with Crippen molar-refractivity contribution in [3.63, 3.8) is 0 Å². The van der Waals surface area contributed by atoms with Crippen LogP contribution in [0.5, 0.6) is 17.2 Å². The second-order valence-corrected chi connectivity index (χ2v) is 11.2. The molecule has 1 unspecified atom stereocenters. The number of nitrogens with zero attached hydrogens (tertiary/aromatic N) is 1. The van der Waals surface area contributed by atoms with Gasteiger partial charge in [-0.15, -0.1) is 0 Å². The molecule has 1 atom stereocenters. The van der Waals surface area contributed by atoms with Gasteiger partial charge < -0.3 is 29.2 Å². The van der Waals surface area contributed by atoms with Gasteiger partial charge in [0.15, 0.2) is 11.5 Å². The lowest BCUT2D eigenvalue weighted by Crippen LogP contribution is -2.53. The Hall–Kier alpha value is -6.09. The van der Waals surface area contributed by atoms with Crippen LogP contribution < -0.4 is 19.5 Å². The van der Waals surface area contributed by atoms with Crippen LogP contribution in [0.1, 0.15) is 33.9 Å². The molecule has 6 rings (SSSR count). The number of hydrogen-bond acceptors (Lipinski definition) is 7. The van der Waals surface area contributed by atoms with E-state index < -0.39 is 24.0 Å². The van der Waals surface area contributed by atoms with E-state index in [4.69, 9.17) is 18.9 Å². The van der Waals surface area contributed by atoms with E-state index in [0.29, 0.717) is 30.3 Å². The number of rotatable bonds is 12. The minimum atomic E-state index is -0.845. The number of hydrogen-bond donors (Lipinski definition) is 1. The van der Waals surface area contributed by atoms with E-state index in [0.717, 1.165) is 22.3 Å². The molecule has 1 fully saturated rings. The summed E-state index contributed by atoms with van der Waals surface area (Å²) in [6.45, 7) is 1.15. The lowest BCUT2D eigenvalue weighted by molar-refractivity contribution is -0.150. The van der Waals surface area contributed by atoms with E-state index in [1.807, 2.05) is 109 Å². The maximum Gasteiger partial charge on any atom is 0.514 e. The topological polar surface area (TPSA) is 103 Å². The summed E-state index contributed by atoms with van der Waals surface area (Å²) in [6.07, 6.45) is -0.845. The minimum Gasteiger partial charge on any atom is -0.485 e. The molecule has 0 aliphatic carbocycles. The van der Waals surface area contributed by atoms with Gasteiger partial charge in [-0.2, -0.15) is 0 Å². The Balaban J connectivity index is 1.14. The Morgan fingerprint density at radius 1 is 0.646 bits per heavy atom. The first kappa shape index (κ1) is 31.9. The highest BCUT2D eigenvalue weighted by molar-refractivity contribution is 6.35. The van der Waals surface area contributed by atoms with Gasteiger partial charge in [0.25, 0.3) is 0 Å². The van der Waals surface area contributed by atoms with E-state index in [2.05, 4.69) is 5.32 Å². The first-order chi connectivity index (χ1) is 23.5. The summed E-state index contributed by atoms with van der Waals surface area (Å²) in [4.78, 5) is 39.6. The van der Waals surface area contributed by atoms with Crippen molar-refractivity contribution in [3.05, 3.63) is 161 Å². The van der Waals surface area contributed by atoms with E-state index in [1.54, 1.807) is 24.3 Å². The SMILES string of the molecule is O=C(OCc1ccccc1)Oc1cccc(C2CN(Cc3ccc(OCc4ccccc4)c(OCc4ccccc4)c3)C(=O)C(=O)N2)c1. The molecule has 9 nitrogen and oxygen atoms in total. The molecule has 1 aliphatic heterocycles. The van der Waals surface area contributed by atoms with Gasteiger partial charge in [-0.1, -0.05) is 109 Å². The predicted molar refractivity (Wildman–Crippen MR) is 178 cm³/mol. The summed E-state index contributed by atoms with van der Waals surface area (Å²) in [5, 5.41) is 2.77. The van der Waals surface area contributed by atoms with Crippen LogP contribution in [0.25, 0.3) is 0 Å². The van der Waals surface area contributed by atoms with E-state index in [9.17, 15) is 14.4 Å². The Kier molecular flexibility index (Phi) is 10.3. The summed E-state index contributed by atoms with van der Waals surface area (Å²) in [5.41, 5.74) is 4.29. The summed E-state index contributed by atoms with van der Waals surface area (Å²) < 4.78 is 23.0. The van der Waals surface area contributed by atoms with Crippen LogP contribution in [0.4, 0.5) is 4.79 Å². The third-order valence-electron chi connectivity index (χ3n) is 7.71. The van der Waals surface area contributed by atoms with Crippen molar-refractivity contribution in [2.24, 2.45) is 0 Å². The molecule has 1 aliphatic rings. The van der Waals surface area contributed by atoms with Gasteiger partial charge in [0.05, 0.1) is 6.04 Å². The fraction of sp³-hybridized carbons (Fsp3) is 0.154. The summed E-state index contributed by atoms with van der Waals surface area (Å²) in [6, 6.07) is 40.7. The quantitative estimate of drug-likeness (QED) is 0.0911. The highest BCUT2D eigenvalue weighted by Gasteiger charge is 2.33. The molecule has 0 bridgehead atoms. The van der Waals surface area contributed by atoms with E-state index >= 15 is 0 Å². The van der Waals surface area contributed by atoms with Gasteiger partial charge in [-0.3, -0.25) is 9.59 Å². The standard InChI is InChI=1S/C39H34N2O7/c42-37-38(43)41(24-34(40-37)32-17-10-18-33(22-32)48-39(44)47-27-30-15-8-3-9-16-30)23-31-19-20-35(45-25-28-11-4-1-5-12-28)36(21-31)46-26-29-13-6-2-7-14-29/h1-22,34H,23-27H2,(H,40,42). The summed E-state index contributed by atoms with van der Waals surface area (Å²) in [7, 11) is 0. The summed E-state index contributed by atoms with van der Waals surface area (Å²) >= 11 is 0. The molecule has 242 valence electrons.